The third kappa shape index (κ3) is 3.17. The number of aryl methyl sites for hydroxylation is 2. The van der Waals surface area contributed by atoms with Gasteiger partial charge in [0.15, 0.2) is 0 Å². The summed E-state index contributed by atoms with van der Waals surface area (Å²) in [5.41, 5.74) is 4.49. The van der Waals surface area contributed by atoms with Gasteiger partial charge in [-0.15, -0.1) is 0 Å². The van der Waals surface area contributed by atoms with Gasteiger partial charge < -0.3 is 10.1 Å². The van der Waals surface area contributed by atoms with Crippen molar-refractivity contribution < 1.29 is 4.74 Å². The van der Waals surface area contributed by atoms with Gasteiger partial charge in [0.05, 0.1) is 12.6 Å². The number of hydrogen-bond donors (Lipinski definition) is 1. The second-order valence-corrected chi connectivity index (χ2v) is 4.85. The molecule has 20 heavy (non-hydrogen) atoms. The predicted molar refractivity (Wildman–Crippen MR) is 82.2 cm³/mol. The molecule has 1 unspecified atom stereocenters. The zero-order chi connectivity index (χ0) is 14.5. The molecule has 1 aromatic heterocycles. The second-order valence-electron chi connectivity index (χ2n) is 4.85. The van der Waals surface area contributed by atoms with Gasteiger partial charge in [-0.1, -0.05) is 18.2 Å². The van der Waals surface area contributed by atoms with E-state index < -0.39 is 0 Å². The van der Waals surface area contributed by atoms with Gasteiger partial charge in [0.25, 0.3) is 0 Å². The lowest BCUT2D eigenvalue weighted by molar-refractivity contribution is 0.339. The molecule has 106 valence electrons. The van der Waals surface area contributed by atoms with E-state index in [2.05, 4.69) is 41.5 Å². The van der Waals surface area contributed by atoms with E-state index in [1.165, 1.54) is 11.1 Å². The molecule has 1 aromatic carbocycles. The highest BCUT2D eigenvalue weighted by Gasteiger charge is 2.15. The lowest BCUT2D eigenvalue weighted by atomic mass is 9.97. The smallest absolute Gasteiger partial charge is 0.119 e. The van der Waals surface area contributed by atoms with Gasteiger partial charge in [-0.05, 0) is 57.1 Å². The largest absolute Gasteiger partial charge is 0.494 e. The summed E-state index contributed by atoms with van der Waals surface area (Å²) < 4.78 is 5.58. The van der Waals surface area contributed by atoms with Crippen LogP contribution in [0.3, 0.4) is 0 Å². The van der Waals surface area contributed by atoms with Crippen LogP contribution < -0.4 is 10.1 Å². The number of ether oxygens (including phenoxy) is 1. The molecule has 2 rings (SSSR count). The molecule has 3 nitrogen and oxygen atoms in total. The molecule has 3 heteroatoms. The first-order chi connectivity index (χ1) is 9.65. The Morgan fingerprint density at radius 3 is 2.65 bits per heavy atom. The molecule has 0 spiro atoms. The van der Waals surface area contributed by atoms with E-state index >= 15 is 0 Å². The van der Waals surface area contributed by atoms with Crippen molar-refractivity contribution in [1.82, 2.24) is 10.3 Å². The summed E-state index contributed by atoms with van der Waals surface area (Å²) in [6.07, 6.45) is 0. The number of hydrogen-bond acceptors (Lipinski definition) is 3. The summed E-state index contributed by atoms with van der Waals surface area (Å²) in [4.78, 5) is 4.56. The number of rotatable bonds is 5. The van der Waals surface area contributed by atoms with Gasteiger partial charge in [-0.3, -0.25) is 4.98 Å². The van der Waals surface area contributed by atoms with E-state index in [1.54, 1.807) is 0 Å². The van der Waals surface area contributed by atoms with Crippen LogP contribution >= 0.6 is 0 Å². The Labute approximate surface area is 121 Å². The Balaban J connectivity index is 2.38. The van der Waals surface area contributed by atoms with Crippen LogP contribution in [0.5, 0.6) is 5.75 Å². The summed E-state index contributed by atoms with van der Waals surface area (Å²) in [7, 11) is 1.97. The highest BCUT2D eigenvalue weighted by atomic mass is 16.5. The van der Waals surface area contributed by atoms with Crippen molar-refractivity contribution in [2.75, 3.05) is 13.7 Å². The monoisotopic (exact) mass is 270 g/mol. The third-order valence-electron chi connectivity index (χ3n) is 3.37. The van der Waals surface area contributed by atoms with E-state index in [0.29, 0.717) is 6.61 Å². The number of pyridine rings is 1. The molecule has 0 aliphatic heterocycles. The Hall–Kier alpha value is -1.87. The number of aromatic nitrogens is 1. The Morgan fingerprint density at radius 1 is 1.20 bits per heavy atom. The fraction of sp³-hybridized carbons (Fsp3) is 0.353. The van der Waals surface area contributed by atoms with Crippen molar-refractivity contribution in [3.8, 4) is 5.75 Å². The topological polar surface area (TPSA) is 34.1 Å². The highest BCUT2D eigenvalue weighted by molar-refractivity contribution is 5.38. The predicted octanol–water partition coefficient (Wildman–Crippen LogP) is 3.41. The number of nitrogens with zero attached hydrogens (tertiary/aromatic N) is 1. The van der Waals surface area contributed by atoms with Gasteiger partial charge in [-0.25, -0.2) is 0 Å². The molecular weight excluding hydrogens is 248 g/mol. The van der Waals surface area contributed by atoms with Crippen LogP contribution in [0.1, 0.15) is 35.5 Å². The minimum Gasteiger partial charge on any atom is -0.494 e. The first-order valence-corrected chi connectivity index (χ1v) is 7.00. The van der Waals surface area contributed by atoms with Crippen LogP contribution in [-0.4, -0.2) is 18.6 Å². The van der Waals surface area contributed by atoms with Crippen LogP contribution in [0.15, 0.2) is 36.4 Å². The maximum atomic E-state index is 5.58. The lowest BCUT2D eigenvalue weighted by Crippen LogP contribution is -2.19. The molecule has 0 saturated carbocycles. The maximum absolute atomic E-state index is 5.58. The van der Waals surface area contributed by atoms with Crippen molar-refractivity contribution in [3.05, 3.63) is 58.9 Å². The Morgan fingerprint density at radius 2 is 2.00 bits per heavy atom. The standard InChI is InChI=1S/C17H22N2O/c1-5-20-15-8-6-7-14(11-15)17(18-4)16-10-9-12(2)19-13(16)3/h6-11,17-18H,5H2,1-4H3. The van der Waals surface area contributed by atoms with Crippen LogP contribution in [0, 0.1) is 13.8 Å². The van der Waals surface area contributed by atoms with E-state index in [0.717, 1.165) is 17.1 Å². The molecule has 0 saturated heterocycles. The van der Waals surface area contributed by atoms with E-state index in [4.69, 9.17) is 4.74 Å². The molecule has 2 aromatic rings. The number of nitrogens with one attached hydrogen (secondary N) is 1. The SMILES string of the molecule is CCOc1cccc(C(NC)c2ccc(C)nc2C)c1. The zero-order valence-electron chi connectivity index (χ0n) is 12.6. The summed E-state index contributed by atoms with van der Waals surface area (Å²) in [6, 6.07) is 12.5. The van der Waals surface area contributed by atoms with E-state index in [9.17, 15) is 0 Å². The first kappa shape index (κ1) is 14.5. The summed E-state index contributed by atoms with van der Waals surface area (Å²) in [5, 5.41) is 3.37. The average molecular weight is 270 g/mol. The molecular formula is C17H22N2O. The zero-order valence-corrected chi connectivity index (χ0v) is 12.6. The van der Waals surface area contributed by atoms with E-state index in [-0.39, 0.29) is 6.04 Å². The van der Waals surface area contributed by atoms with Crippen LogP contribution in [0.25, 0.3) is 0 Å². The van der Waals surface area contributed by atoms with Crippen LogP contribution in [-0.2, 0) is 0 Å². The van der Waals surface area contributed by atoms with E-state index in [1.807, 2.05) is 33.0 Å². The van der Waals surface area contributed by atoms with Gasteiger partial charge in [-0.2, -0.15) is 0 Å². The summed E-state index contributed by atoms with van der Waals surface area (Å²) >= 11 is 0. The van der Waals surface area contributed by atoms with Crippen molar-refractivity contribution in [2.45, 2.75) is 26.8 Å². The molecule has 1 heterocycles. The average Bonchev–Trinajstić information content (AvgIpc) is 2.43. The van der Waals surface area contributed by atoms with Gasteiger partial charge in [0, 0.05) is 11.4 Å². The lowest BCUT2D eigenvalue weighted by Gasteiger charge is -2.20. The molecule has 0 radical (unpaired) electrons. The second kappa shape index (κ2) is 6.53. The van der Waals surface area contributed by atoms with Crippen molar-refractivity contribution in [2.24, 2.45) is 0 Å². The van der Waals surface area contributed by atoms with Crippen molar-refractivity contribution >= 4 is 0 Å². The van der Waals surface area contributed by atoms with Crippen molar-refractivity contribution in [1.29, 1.82) is 0 Å². The van der Waals surface area contributed by atoms with Crippen LogP contribution in [0.2, 0.25) is 0 Å². The fourth-order valence-electron chi connectivity index (χ4n) is 2.45. The number of benzene rings is 1. The minimum absolute atomic E-state index is 0.128. The van der Waals surface area contributed by atoms with Crippen LogP contribution in [0.4, 0.5) is 0 Å². The molecule has 1 atom stereocenters. The van der Waals surface area contributed by atoms with Gasteiger partial charge in [0.1, 0.15) is 5.75 Å². The summed E-state index contributed by atoms with van der Waals surface area (Å²) in [6.45, 7) is 6.75. The highest BCUT2D eigenvalue weighted by Crippen LogP contribution is 2.26. The molecule has 0 aliphatic carbocycles. The normalized spacial score (nSPS) is 12.2. The third-order valence-corrected chi connectivity index (χ3v) is 3.37. The van der Waals surface area contributed by atoms with Gasteiger partial charge >= 0.3 is 0 Å². The molecule has 0 aliphatic rings. The Kier molecular flexibility index (Phi) is 4.74. The summed E-state index contributed by atoms with van der Waals surface area (Å²) in [5.74, 6) is 0.906. The molecule has 1 N–H and O–H groups in total. The Bertz CT molecular complexity index is 581. The quantitative estimate of drug-likeness (QED) is 0.904. The minimum atomic E-state index is 0.128. The fourth-order valence-corrected chi connectivity index (χ4v) is 2.45. The first-order valence-electron chi connectivity index (χ1n) is 7.00. The maximum Gasteiger partial charge on any atom is 0.119 e. The molecule has 0 fully saturated rings. The molecule has 0 bridgehead atoms. The van der Waals surface area contributed by atoms with Gasteiger partial charge in [0.2, 0.25) is 0 Å². The molecule has 0 amide bonds. The van der Waals surface area contributed by atoms with Crippen molar-refractivity contribution in [3.63, 3.8) is 0 Å².